The van der Waals surface area contributed by atoms with Crippen molar-refractivity contribution in [3.05, 3.63) is 48.3 Å². The number of carbonyl (C=O) groups is 2. The maximum Gasteiger partial charge on any atom is 0.341 e. The van der Waals surface area contributed by atoms with Gasteiger partial charge in [0.2, 0.25) is 5.91 Å². The van der Waals surface area contributed by atoms with E-state index in [-0.39, 0.29) is 17.3 Å². The minimum atomic E-state index is -0.560. The van der Waals surface area contributed by atoms with E-state index < -0.39 is 5.97 Å². The zero-order chi connectivity index (χ0) is 14.5. The lowest BCUT2D eigenvalue weighted by molar-refractivity contribution is -0.115. The van der Waals surface area contributed by atoms with Crippen LogP contribution in [0.5, 0.6) is 0 Å². The molecule has 1 amide bonds. The molecule has 2 aromatic heterocycles. The quantitative estimate of drug-likeness (QED) is 0.798. The minimum absolute atomic E-state index is 0.200. The Hall–Kier alpha value is -2.76. The van der Waals surface area contributed by atoms with Crippen LogP contribution in [0.25, 0.3) is 0 Å². The molecular formula is C14H13N3O3. The molecule has 0 aliphatic carbocycles. The van der Waals surface area contributed by atoms with Gasteiger partial charge in [0.15, 0.2) is 5.82 Å². The molecule has 0 fully saturated rings. The molecule has 2 aromatic rings. The highest BCUT2D eigenvalue weighted by Gasteiger charge is 2.23. The van der Waals surface area contributed by atoms with Crippen LogP contribution >= 0.6 is 0 Å². The molecule has 0 aliphatic rings. The van der Waals surface area contributed by atoms with Gasteiger partial charge < -0.3 is 4.74 Å². The van der Waals surface area contributed by atoms with Crippen molar-refractivity contribution in [3.63, 3.8) is 0 Å². The van der Waals surface area contributed by atoms with Crippen molar-refractivity contribution in [2.75, 3.05) is 12.0 Å². The predicted molar refractivity (Wildman–Crippen MR) is 72.6 cm³/mol. The molecule has 0 unspecified atom stereocenters. The van der Waals surface area contributed by atoms with E-state index in [4.69, 9.17) is 4.74 Å². The fourth-order valence-corrected chi connectivity index (χ4v) is 1.75. The van der Waals surface area contributed by atoms with Crippen molar-refractivity contribution in [1.29, 1.82) is 0 Å². The van der Waals surface area contributed by atoms with Crippen LogP contribution in [-0.2, 0) is 9.53 Å². The van der Waals surface area contributed by atoms with Crippen molar-refractivity contribution in [2.45, 2.75) is 6.92 Å². The van der Waals surface area contributed by atoms with Crippen LogP contribution in [-0.4, -0.2) is 29.0 Å². The Labute approximate surface area is 116 Å². The molecule has 0 aliphatic heterocycles. The molecule has 0 bridgehead atoms. The summed E-state index contributed by atoms with van der Waals surface area (Å²) in [7, 11) is 1.28. The number of esters is 1. The summed E-state index contributed by atoms with van der Waals surface area (Å²) in [5, 5.41) is 0. The number of hydrogen-bond donors (Lipinski definition) is 0. The Morgan fingerprint density at radius 1 is 1.10 bits per heavy atom. The standard InChI is InChI=1S/C14H13N3O3/c1-10(18)17(12-7-3-4-8-15-12)13-11(14(19)20-2)6-5-9-16-13/h3-9H,1-2H3. The number of carbonyl (C=O) groups excluding carboxylic acids is 2. The SMILES string of the molecule is COC(=O)c1cccnc1N(C(C)=O)c1ccccn1. The highest BCUT2D eigenvalue weighted by atomic mass is 16.5. The summed E-state index contributed by atoms with van der Waals surface area (Å²) >= 11 is 0. The number of pyridine rings is 2. The number of ether oxygens (including phenoxy) is 1. The summed E-state index contributed by atoms with van der Waals surface area (Å²) < 4.78 is 4.71. The van der Waals surface area contributed by atoms with Gasteiger partial charge in [-0.15, -0.1) is 0 Å². The summed E-state index contributed by atoms with van der Waals surface area (Å²) in [6, 6.07) is 8.30. The lowest BCUT2D eigenvalue weighted by Gasteiger charge is -2.20. The molecule has 0 N–H and O–H groups in total. The first-order chi connectivity index (χ1) is 9.65. The van der Waals surface area contributed by atoms with E-state index in [9.17, 15) is 9.59 Å². The van der Waals surface area contributed by atoms with E-state index in [1.807, 2.05) is 0 Å². The molecule has 0 radical (unpaired) electrons. The second-order valence-electron chi connectivity index (χ2n) is 3.91. The molecular weight excluding hydrogens is 258 g/mol. The number of rotatable bonds is 3. The van der Waals surface area contributed by atoms with Crippen molar-refractivity contribution >= 4 is 23.5 Å². The van der Waals surface area contributed by atoms with Crippen LogP contribution in [0.2, 0.25) is 0 Å². The van der Waals surface area contributed by atoms with Gasteiger partial charge in [-0.2, -0.15) is 0 Å². The maximum atomic E-state index is 11.9. The third kappa shape index (κ3) is 2.64. The molecule has 2 heterocycles. The smallest absolute Gasteiger partial charge is 0.341 e. The fourth-order valence-electron chi connectivity index (χ4n) is 1.75. The summed E-state index contributed by atoms with van der Waals surface area (Å²) in [6.07, 6.45) is 3.06. The van der Waals surface area contributed by atoms with Gasteiger partial charge in [0.1, 0.15) is 11.4 Å². The highest BCUT2D eigenvalue weighted by Crippen LogP contribution is 2.25. The second kappa shape index (κ2) is 5.92. The number of amides is 1. The first-order valence-corrected chi connectivity index (χ1v) is 5.90. The Balaban J connectivity index is 2.57. The van der Waals surface area contributed by atoms with Gasteiger partial charge in [-0.05, 0) is 24.3 Å². The van der Waals surface area contributed by atoms with Crippen molar-refractivity contribution in [1.82, 2.24) is 9.97 Å². The third-order valence-electron chi connectivity index (χ3n) is 2.60. The highest BCUT2D eigenvalue weighted by molar-refractivity contribution is 6.04. The van der Waals surface area contributed by atoms with Crippen molar-refractivity contribution in [2.24, 2.45) is 0 Å². The summed E-state index contributed by atoms with van der Waals surface area (Å²) in [6.45, 7) is 1.38. The normalized spacial score (nSPS) is 9.90. The van der Waals surface area contributed by atoms with E-state index >= 15 is 0 Å². The first-order valence-electron chi connectivity index (χ1n) is 5.90. The Kier molecular flexibility index (Phi) is 4.05. The van der Waals surface area contributed by atoms with E-state index in [1.54, 1.807) is 36.5 Å². The van der Waals surface area contributed by atoms with E-state index in [2.05, 4.69) is 9.97 Å². The Bertz CT molecular complexity index is 629. The molecule has 0 saturated heterocycles. The minimum Gasteiger partial charge on any atom is -0.465 e. The average Bonchev–Trinajstić information content (AvgIpc) is 2.48. The molecule has 0 atom stereocenters. The molecule has 102 valence electrons. The topological polar surface area (TPSA) is 72.4 Å². The van der Waals surface area contributed by atoms with Gasteiger partial charge in [0.25, 0.3) is 0 Å². The van der Waals surface area contributed by atoms with E-state index in [0.717, 1.165) is 0 Å². The van der Waals surface area contributed by atoms with Crippen molar-refractivity contribution < 1.29 is 14.3 Å². The van der Waals surface area contributed by atoms with Gasteiger partial charge in [0.05, 0.1) is 7.11 Å². The van der Waals surface area contributed by atoms with Crippen LogP contribution < -0.4 is 4.90 Å². The maximum absolute atomic E-state index is 11.9. The second-order valence-corrected chi connectivity index (χ2v) is 3.91. The lowest BCUT2D eigenvalue weighted by atomic mass is 10.2. The van der Waals surface area contributed by atoms with Crippen LogP contribution in [0.15, 0.2) is 42.7 Å². The van der Waals surface area contributed by atoms with Crippen molar-refractivity contribution in [3.8, 4) is 0 Å². The molecule has 0 spiro atoms. The molecule has 0 saturated carbocycles. The number of hydrogen-bond acceptors (Lipinski definition) is 5. The van der Waals surface area contributed by atoms with Crippen LogP contribution in [0.1, 0.15) is 17.3 Å². The summed E-state index contributed by atoms with van der Waals surface area (Å²) in [5.74, 6) is -0.266. The van der Waals surface area contributed by atoms with Crippen LogP contribution in [0, 0.1) is 0 Å². The zero-order valence-electron chi connectivity index (χ0n) is 11.1. The van der Waals surface area contributed by atoms with Crippen LogP contribution in [0.4, 0.5) is 11.6 Å². The van der Waals surface area contributed by atoms with E-state index in [0.29, 0.717) is 5.82 Å². The molecule has 2 rings (SSSR count). The van der Waals surface area contributed by atoms with Gasteiger partial charge in [0, 0.05) is 19.3 Å². The Morgan fingerprint density at radius 3 is 2.45 bits per heavy atom. The number of methoxy groups -OCH3 is 1. The molecule has 20 heavy (non-hydrogen) atoms. The number of anilines is 2. The predicted octanol–water partition coefficient (Wildman–Crippen LogP) is 1.95. The first kappa shape index (κ1) is 13.7. The van der Waals surface area contributed by atoms with Gasteiger partial charge in [-0.25, -0.2) is 19.7 Å². The zero-order valence-corrected chi connectivity index (χ0v) is 11.1. The van der Waals surface area contributed by atoms with Gasteiger partial charge in [-0.1, -0.05) is 6.07 Å². The summed E-state index contributed by atoms with van der Waals surface area (Å²) in [5.41, 5.74) is 0.204. The largest absolute Gasteiger partial charge is 0.465 e. The average molecular weight is 271 g/mol. The Morgan fingerprint density at radius 2 is 1.85 bits per heavy atom. The number of aromatic nitrogens is 2. The van der Waals surface area contributed by atoms with E-state index in [1.165, 1.54) is 25.1 Å². The van der Waals surface area contributed by atoms with Gasteiger partial charge in [-0.3, -0.25) is 4.79 Å². The third-order valence-corrected chi connectivity index (χ3v) is 2.60. The monoisotopic (exact) mass is 271 g/mol. The van der Waals surface area contributed by atoms with Gasteiger partial charge >= 0.3 is 5.97 Å². The lowest BCUT2D eigenvalue weighted by Crippen LogP contribution is -2.26. The molecule has 6 heteroatoms. The number of nitrogens with zero attached hydrogens (tertiary/aromatic N) is 3. The molecule has 0 aromatic carbocycles. The van der Waals surface area contributed by atoms with Crippen LogP contribution in [0.3, 0.4) is 0 Å². The fraction of sp³-hybridized carbons (Fsp3) is 0.143. The summed E-state index contributed by atoms with van der Waals surface area (Å²) in [4.78, 5) is 33.2. The molecule has 6 nitrogen and oxygen atoms in total.